The molecule has 0 aliphatic heterocycles. The Morgan fingerprint density at radius 2 is 2.13 bits per heavy atom. The molecule has 0 aliphatic rings. The lowest BCUT2D eigenvalue weighted by Crippen LogP contribution is -3.11. The zero-order chi connectivity index (χ0) is 17.1. The molecule has 0 aromatic carbocycles. The summed E-state index contributed by atoms with van der Waals surface area (Å²) in [5.74, 6) is -0.160. The first-order valence-corrected chi connectivity index (χ1v) is 9.37. The number of hydrogen-bond acceptors (Lipinski definition) is 4. The summed E-state index contributed by atoms with van der Waals surface area (Å²) in [6.07, 6.45) is 2.12. The SMILES string of the molecule is CCOC(=N[C@H](C)CCC[NH+](CC)CC)NC(=O)c1cccs1. The van der Waals surface area contributed by atoms with Crippen molar-refractivity contribution in [1.29, 1.82) is 0 Å². The smallest absolute Gasteiger partial charge is 0.291 e. The first kappa shape index (κ1) is 19.6. The van der Waals surface area contributed by atoms with Crippen LogP contribution in [0.4, 0.5) is 0 Å². The van der Waals surface area contributed by atoms with Crippen molar-refractivity contribution in [2.75, 3.05) is 26.2 Å². The van der Waals surface area contributed by atoms with Crippen LogP contribution in [0.25, 0.3) is 0 Å². The molecule has 0 radical (unpaired) electrons. The summed E-state index contributed by atoms with van der Waals surface area (Å²) >= 11 is 1.41. The van der Waals surface area contributed by atoms with Gasteiger partial charge in [0, 0.05) is 0 Å². The molecule has 5 nitrogen and oxygen atoms in total. The number of carbonyl (C=O) groups excluding carboxylic acids is 1. The molecular weight excluding hydrogens is 310 g/mol. The Hall–Kier alpha value is -1.40. The molecule has 0 fully saturated rings. The molecule has 0 aliphatic carbocycles. The van der Waals surface area contributed by atoms with E-state index in [1.807, 2.05) is 18.4 Å². The maximum absolute atomic E-state index is 12.1. The van der Waals surface area contributed by atoms with Crippen molar-refractivity contribution in [2.24, 2.45) is 4.99 Å². The summed E-state index contributed by atoms with van der Waals surface area (Å²) < 4.78 is 5.47. The van der Waals surface area contributed by atoms with Crippen LogP contribution in [0.5, 0.6) is 0 Å². The summed E-state index contributed by atoms with van der Waals surface area (Å²) in [5, 5.41) is 4.65. The van der Waals surface area contributed by atoms with Gasteiger partial charge >= 0.3 is 0 Å². The molecule has 1 aromatic heterocycles. The Bertz CT molecular complexity index is 470. The number of ether oxygens (including phenoxy) is 1. The van der Waals surface area contributed by atoms with E-state index in [9.17, 15) is 4.79 Å². The molecule has 6 heteroatoms. The van der Waals surface area contributed by atoms with Gasteiger partial charge in [0.1, 0.15) is 0 Å². The highest BCUT2D eigenvalue weighted by atomic mass is 32.1. The van der Waals surface area contributed by atoms with E-state index in [0.29, 0.717) is 17.5 Å². The molecule has 1 rings (SSSR count). The standard InChI is InChI=1S/C17H29N3O2S/c1-5-20(6-2)12-8-10-14(4)18-17(22-7-3)19-16(21)15-11-9-13-23-15/h9,11,13-14H,5-8,10,12H2,1-4H3,(H,18,19,21)/p+1/t14-/m1/s1. The largest absolute Gasteiger partial charge is 0.465 e. The molecule has 0 unspecified atom stereocenters. The van der Waals surface area contributed by atoms with Gasteiger partial charge < -0.3 is 9.64 Å². The number of hydrogen-bond donors (Lipinski definition) is 2. The molecule has 0 bridgehead atoms. The lowest BCUT2D eigenvalue weighted by atomic mass is 10.2. The predicted molar refractivity (Wildman–Crippen MR) is 96.5 cm³/mol. The van der Waals surface area contributed by atoms with Crippen molar-refractivity contribution in [3.63, 3.8) is 0 Å². The first-order chi connectivity index (χ1) is 11.1. The van der Waals surface area contributed by atoms with Crippen molar-refractivity contribution in [1.82, 2.24) is 5.32 Å². The average molecular weight is 341 g/mol. The Morgan fingerprint density at radius 3 is 2.70 bits per heavy atom. The van der Waals surface area contributed by atoms with Crippen LogP contribution in [0.2, 0.25) is 0 Å². The highest BCUT2D eigenvalue weighted by Crippen LogP contribution is 2.08. The van der Waals surface area contributed by atoms with Crippen molar-refractivity contribution in [3.8, 4) is 0 Å². The minimum Gasteiger partial charge on any atom is -0.465 e. The second kappa shape index (κ2) is 11.2. The topological polar surface area (TPSA) is 55.1 Å². The molecule has 2 N–H and O–H groups in total. The van der Waals surface area contributed by atoms with Crippen LogP contribution in [-0.2, 0) is 4.74 Å². The fraction of sp³-hybridized carbons (Fsp3) is 0.647. The van der Waals surface area contributed by atoms with Gasteiger partial charge in [-0.1, -0.05) is 6.07 Å². The van der Waals surface area contributed by atoms with Gasteiger partial charge in [0.2, 0.25) is 0 Å². The number of amides is 1. The van der Waals surface area contributed by atoms with Crippen LogP contribution < -0.4 is 10.2 Å². The lowest BCUT2D eigenvalue weighted by molar-refractivity contribution is -0.896. The molecule has 1 amide bonds. The fourth-order valence-electron chi connectivity index (χ4n) is 2.32. The zero-order valence-corrected chi connectivity index (χ0v) is 15.5. The van der Waals surface area contributed by atoms with Gasteiger partial charge in [-0.05, 0) is 52.0 Å². The van der Waals surface area contributed by atoms with Crippen LogP contribution in [0.15, 0.2) is 22.5 Å². The van der Waals surface area contributed by atoms with Crippen molar-refractivity contribution < 1.29 is 14.4 Å². The Labute approximate surface area is 143 Å². The molecule has 1 heterocycles. The highest BCUT2D eigenvalue weighted by Gasteiger charge is 2.12. The number of nitrogens with one attached hydrogen (secondary N) is 2. The van der Waals surface area contributed by atoms with Gasteiger partial charge in [-0.15, -0.1) is 11.3 Å². The van der Waals surface area contributed by atoms with E-state index in [-0.39, 0.29) is 11.9 Å². The van der Waals surface area contributed by atoms with Gasteiger partial charge in [-0.25, -0.2) is 4.99 Å². The second-order valence-corrected chi connectivity index (χ2v) is 6.44. The van der Waals surface area contributed by atoms with Gasteiger partial charge in [-0.3, -0.25) is 10.1 Å². The molecule has 0 saturated carbocycles. The quantitative estimate of drug-likeness (QED) is 0.533. The Balaban J connectivity index is 2.50. The zero-order valence-electron chi connectivity index (χ0n) is 14.7. The van der Waals surface area contributed by atoms with Crippen LogP contribution in [-0.4, -0.2) is 44.2 Å². The fourth-order valence-corrected chi connectivity index (χ4v) is 2.94. The van der Waals surface area contributed by atoms with Crippen LogP contribution in [0.1, 0.15) is 50.2 Å². The molecule has 0 saturated heterocycles. The third-order valence-corrected chi connectivity index (χ3v) is 4.60. The third kappa shape index (κ3) is 7.61. The molecule has 1 atom stereocenters. The molecule has 1 aromatic rings. The number of amidine groups is 1. The number of nitrogens with zero attached hydrogens (tertiary/aromatic N) is 1. The predicted octanol–water partition coefficient (Wildman–Crippen LogP) is 1.96. The van der Waals surface area contributed by atoms with Gasteiger partial charge in [0.15, 0.2) is 0 Å². The van der Waals surface area contributed by atoms with E-state index in [1.165, 1.54) is 17.9 Å². The summed E-state index contributed by atoms with van der Waals surface area (Å²) in [4.78, 5) is 18.9. The van der Waals surface area contributed by atoms with Crippen LogP contribution in [0.3, 0.4) is 0 Å². The maximum Gasteiger partial charge on any atom is 0.291 e. The summed E-state index contributed by atoms with van der Waals surface area (Å²) in [6, 6.07) is 4.11. The minimum absolute atomic E-state index is 0.134. The number of aliphatic imine (C=N–C) groups is 1. The normalized spacial score (nSPS) is 13.2. The number of carbonyl (C=O) groups is 1. The van der Waals surface area contributed by atoms with Gasteiger partial charge in [0.25, 0.3) is 11.9 Å². The monoisotopic (exact) mass is 340 g/mol. The number of quaternary nitrogens is 1. The van der Waals surface area contributed by atoms with E-state index >= 15 is 0 Å². The molecule has 0 spiro atoms. The van der Waals surface area contributed by atoms with Gasteiger partial charge in [0.05, 0.1) is 37.2 Å². The second-order valence-electron chi connectivity index (χ2n) is 5.50. The maximum atomic E-state index is 12.1. The summed E-state index contributed by atoms with van der Waals surface area (Å²) in [5.41, 5.74) is 0. The summed E-state index contributed by atoms with van der Waals surface area (Å²) in [7, 11) is 0. The van der Waals surface area contributed by atoms with Crippen LogP contribution >= 0.6 is 11.3 Å². The Morgan fingerprint density at radius 1 is 1.39 bits per heavy atom. The Kier molecular flexibility index (Phi) is 9.55. The first-order valence-electron chi connectivity index (χ1n) is 8.49. The molecule has 23 heavy (non-hydrogen) atoms. The van der Waals surface area contributed by atoms with E-state index in [4.69, 9.17) is 4.74 Å². The molecular formula is C17H30N3O2S+. The van der Waals surface area contributed by atoms with E-state index in [0.717, 1.165) is 25.9 Å². The van der Waals surface area contributed by atoms with E-state index in [1.54, 1.807) is 11.0 Å². The highest BCUT2D eigenvalue weighted by molar-refractivity contribution is 7.12. The minimum atomic E-state index is -0.160. The van der Waals surface area contributed by atoms with Crippen molar-refractivity contribution in [2.45, 2.75) is 46.6 Å². The number of rotatable bonds is 9. The number of thiophene rings is 1. The average Bonchev–Trinajstić information content (AvgIpc) is 3.06. The molecule has 130 valence electrons. The van der Waals surface area contributed by atoms with E-state index < -0.39 is 0 Å². The summed E-state index contributed by atoms with van der Waals surface area (Å²) in [6.45, 7) is 12.4. The van der Waals surface area contributed by atoms with Crippen molar-refractivity contribution in [3.05, 3.63) is 22.4 Å². The van der Waals surface area contributed by atoms with Gasteiger partial charge in [-0.2, -0.15) is 0 Å². The van der Waals surface area contributed by atoms with Crippen molar-refractivity contribution >= 4 is 23.3 Å². The van der Waals surface area contributed by atoms with Crippen LogP contribution in [0, 0.1) is 0 Å². The van der Waals surface area contributed by atoms with E-state index in [2.05, 4.69) is 31.1 Å². The lowest BCUT2D eigenvalue weighted by Gasteiger charge is -2.16. The third-order valence-electron chi connectivity index (χ3n) is 3.74.